The van der Waals surface area contributed by atoms with Gasteiger partial charge in [-0.1, -0.05) is 6.92 Å². The van der Waals surface area contributed by atoms with Gasteiger partial charge in [0.2, 0.25) is 0 Å². The largest absolute Gasteiger partial charge is 0.466 e. The van der Waals surface area contributed by atoms with Crippen LogP contribution in [0.15, 0.2) is 4.79 Å². The fourth-order valence-corrected chi connectivity index (χ4v) is 1.59. The van der Waals surface area contributed by atoms with Crippen molar-refractivity contribution in [3.63, 3.8) is 0 Å². The van der Waals surface area contributed by atoms with Crippen molar-refractivity contribution in [2.45, 2.75) is 40.0 Å². The van der Waals surface area contributed by atoms with E-state index in [0.717, 1.165) is 0 Å². The fraction of sp³-hybridized carbons (Fsp3) is 0.583. The second-order valence-corrected chi connectivity index (χ2v) is 3.74. The zero-order valence-electron chi connectivity index (χ0n) is 10.5. The summed E-state index contributed by atoms with van der Waals surface area (Å²) in [5.74, 6) is 0.387. The van der Waals surface area contributed by atoms with Gasteiger partial charge in [-0.25, -0.2) is 4.98 Å². The zero-order valence-corrected chi connectivity index (χ0v) is 10.5. The predicted molar refractivity (Wildman–Crippen MR) is 63.9 cm³/mol. The number of esters is 1. The number of hydrogen-bond acceptors (Lipinski definition) is 4. The quantitative estimate of drug-likeness (QED) is 0.781. The van der Waals surface area contributed by atoms with Crippen LogP contribution in [0.25, 0.3) is 0 Å². The number of hydrogen-bond donors (Lipinski definition) is 1. The molecular weight excluding hydrogens is 220 g/mol. The fourth-order valence-electron chi connectivity index (χ4n) is 1.59. The maximum Gasteiger partial charge on any atom is 0.306 e. The molecule has 0 spiro atoms. The molecule has 1 N–H and O–H groups in total. The van der Waals surface area contributed by atoms with Crippen molar-refractivity contribution in [1.29, 1.82) is 0 Å². The SMILES string of the molecule is CCOC(=O)CCc1c(C)nc(CC)[nH]c1=O. The van der Waals surface area contributed by atoms with Gasteiger partial charge in [0, 0.05) is 24.1 Å². The molecule has 0 fully saturated rings. The molecule has 5 nitrogen and oxygen atoms in total. The lowest BCUT2D eigenvalue weighted by molar-refractivity contribution is -0.143. The Labute approximate surface area is 100 Å². The summed E-state index contributed by atoms with van der Waals surface area (Å²) in [6.45, 7) is 5.83. The molecule has 0 amide bonds. The predicted octanol–water partition coefficient (Wildman–Crippen LogP) is 1.14. The maximum atomic E-state index is 11.7. The molecule has 17 heavy (non-hydrogen) atoms. The van der Waals surface area contributed by atoms with Crippen molar-refractivity contribution in [2.75, 3.05) is 6.61 Å². The van der Waals surface area contributed by atoms with Crippen molar-refractivity contribution in [2.24, 2.45) is 0 Å². The highest BCUT2D eigenvalue weighted by atomic mass is 16.5. The molecule has 0 saturated carbocycles. The number of rotatable bonds is 5. The summed E-state index contributed by atoms with van der Waals surface area (Å²) >= 11 is 0. The van der Waals surface area contributed by atoms with Crippen LogP contribution in [0.5, 0.6) is 0 Å². The molecule has 0 atom stereocenters. The molecule has 0 aliphatic rings. The van der Waals surface area contributed by atoms with Crippen LogP contribution in [-0.2, 0) is 22.4 Å². The van der Waals surface area contributed by atoms with E-state index in [9.17, 15) is 9.59 Å². The monoisotopic (exact) mass is 238 g/mol. The molecule has 0 bridgehead atoms. The first-order valence-corrected chi connectivity index (χ1v) is 5.82. The number of carbonyl (C=O) groups is 1. The minimum atomic E-state index is -0.286. The molecular formula is C12H18N2O3. The van der Waals surface area contributed by atoms with Gasteiger partial charge in [-0.05, 0) is 20.3 Å². The van der Waals surface area contributed by atoms with Crippen LogP contribution in [0, 0.1) is 6.92 Å². The van der Waals surface area contributed by atoms with Crippen molar-refractivity contribution in [3.05, 3.63) is 27.4 Å². The van der Waals surface area contributed by atoms with Crippen molar-refractivity contribution >= 4 is 5.97 Å². The van der Waals surface area contributed by atoms with E-state index >= 15 is 0 Å². The third kappa shape index (κ3) is 3.69. The Hall–Kier alpha value is -1.65. The van der Waals surface area contributed by atoms with Gasteiger partial charge < -0.3 is 9.72 Å². The number of H-pyrrole nitrogens is 1. The van der Waals surface area contributed by atoms with E-state index in [-0.39, 0.29) is 17.9 Å². The molecule has 0 saturated heterocycles. The van der Waals surface area contributed by atoms with Crippen LogP contribution in [0.3, 0.4) is 0 Å². The number of aryl methyl sites for hydroxylation is 2. The number of nitrogens with one attached hydrogen (secondary N) is 1. The van der Waals surface area contributed by atoms with Gasteiger partial charge in [0.1, 0.15) is 5.82 Å². The molecule has 0 aromatic carbocycles. The van der Waals surface area contributed by atoms with Crippen LogP contribution in [0.4, 0.5) is 0 Å². The highest BCUT2D eigenvalue weighted by Gasteiger charge is 2.10. The number of aromatic amines is 1. The van der Waals surface area contributed by atoms with Gasteiger partial charge in [-0.15, -0.1) is 0 Å². The lowest BCUT2D eigenvalue weighted by Crippen LogP contribution is -2.20. The first-order chi connectivity index (χ1) is 8.08. The van der Waals surface area contributed by atoms with E-state index in [1.165, 1.54) is 0 Å². The highest BCUT2D eigenvalue weighted by Crippen LogP contribution is 2.04. The molecule has 1 aromatic rings. The van der Waals surface area contributed by atoms with E-state index in [4.69, 9.17) is 4.74 Å². The minimum Gasteiger partial charge on any atom is -0.466 e. The summed E-state index contributed by atoms with van der Waals surface area (Å²) in [6.07, 6.45) is 1.27. The minimum absolute atomic E-state index is 0.154. The van der Waals surface area contributed by atoms with E-state index in [0.29, 0.717) is 36.5 Å². The van der Waals surface area contributed by atoms with E-state index in [1.54, 1.807) is 13.8 Å². The zero-order chi connectivity index (χ0) is 12.8. The average Bonchev–Trinajstić information content (AvgIpc) is 2.28. The summed E-state index contributed by atoms with van der Waals surface area (Å²) < 4.78 is 4.82. The van der Waals surface area contributed by atoms with E-state index < -0.39 is 0 Å². The number of carbonyl (C=O) groups excluding carboxylic acids is 1. The smallest absolute Gasteiger partial charge is 0.306 e. The molecule has 94 valence electrons. The first kappa shape index (κ1) is 13.4. The van der Waals surface area contributed by atoms with Gasteiger partial charge in [0.15, 0.2) is 0 Å². The lowest BCUT2D eigenvalue weighted by Gasteiger charge is -2.06. The number of ether oxygens (including phenoxy) is 1. The van der Waals surface area contributed by atoms with Crippen molar-refractivity contribution in [3.8, 4) is 0 Å². The molecule has 0 unspecified atom stereocenters. The second-order valence-electron chi connectivity index (χ2n) is 3.74. The van der Waals surface area contributed by atoms with E-state index in [2.05, 4.69) is 9.97 Å². The Bertz CT molecular complexity index is 452. The highest BCUT2D eigenvalue weighted by molar-refractivity contribution is 5.69. The van der Waals surface area contributed by atoms with Gasteiger partial charge in [-0.3, -0.25) is 9.59 Å². The summed E-state index contributed by atoms with van der Waals surface area (Å²) in [6, 6.07) is 0. The molecule has 1 rings (SSSR count). The average molecular weight is 238 g/mol. The maximum absolute atomic E-state index is 11.7. The van der Waals surface area contributed by atoms with Crippen LogP contribution in [-0.4, -0.2) is 22.5 Å². The van der Waals surface area contributed by atoms with Crippen molar-refractivity contribution < 1.29 is 9.53 Å². The Balaban J connectivity index is 2.78. The molecule has 1 aromatic heterocycles. The normalized spacial score (nSPS) is 10.3. The Morgan fingerprint density at radius 2 is 2.12 bits per heavy atom. The Morgan fingerprint density at radius 3 is 2.65 bits per heavy atom. The summed E-state index contributed by atoms with van der Waals surface area (Å²) in [4.78, 5) is 29.9. The number of nitrogens with zero attached hydrogens (tertiary/aromatic N) is 1. The van der Waals surface area contributed by atoms with Crippen LogP contribution in [0.1, 0.15) is 37.4 Å². The summed E-state index contributed by atoms with van der Waals surface area (Å²) in [7, 11) is 0. The van der Waals surface area contributed by atoms with Gasteiger partial charge in [-0.2, -0.15) is 0 Å². The van der Waals surface area contributed by atoms with Gasteiger partial charge >= 0.3 is 5.97 Å². The van der Waals surface area contributed by atoms with Crippen LogP contribution >= 0.6 is 0 Å². The molecule has 5 heteroatoms. The lowest BCUT2D eigenvalue weighted by atomic mass is 10.1. The standard InChI is InChI=1S/C12H18N2O3/c1-4-10-13-8(3)9(12(16)14-10)6-7-11(15)17-5-2/h4-7H2,1-3H3,(H,13,14,16). The number of aromatic nitrogens is 2. The Morgan fingerprint density at radius 1 is 1.41 bits per heavy atom. The Kier molecular flexibility index (Phi) is 4.87. The summed E-state index contributed by atoms with van der Waals surface area (Å²) in [5, 5.41) is 0. The van der Waals surface area contributed by atoms with Crippen molar-refractivity contribution in [1.82, 2.24) is 9.97 Å². The summed E-state index contributed by atoms with van der Waals surface area (Å²) in [5.41, 5.74) is 1.10. The third-order valence-corrected chi connectivity index (χ3v) is 2.49. The van der Waals surface area contributed by atoms with Gasteiger partial charge in [0.05, 0.1) is 6.61 Å². The second kappa shape index (κ2) is 6.18. The molecule has 0 radical (unpaired) electrons. The van der Waals surface area contributed by atoms with Crippen LogP contribution in [0.2, 0.25) is 0 Å². The molecule has 1 heterocycles. The third-order valence-electron chi connectivity index (χ3n) is 2.49. The molecule has 0 aliphatic heterocycles. The van der Waals surface area contributed by atoms with Gasteiger partial charge in [0.25, 0.3) is 5.56 Å². The molecule has 0 aliphatic carbocycles. The van der Waals surface area contributed by atoms with E-state index in [1.807, 2.05) is 6.92 Å². The first-order valence-electron chi connectivity index (χ1n) is 5.82. The van der Waals surface area contributed by atoms with Crippen LogP contribution < -0.4 is 5.56 Å². The topological polar surface area (TPSA) is 72.0 Å².